The Morgan fingerprint density at radius 3 is 2.13 bits per heavy atom. The number of hydrogen-bond acceptors (Lipinski definition) is 6. The third-order valence-electron chi connectivity index (χ3n) is 4.50. The molecule has 1 amide bonds. The molecular formula is C20H20FN3O7. The number of carbonyl (C=O) groups excluding carboxylic acids is 1. The number of nitro groups is 1. The number of aliphatic carboxylic acids is 2. The van der Waals surface area contributed by atoms with Crippen LogP contribution in [0.25, 0.3) is 0 Å². The van der Waals surface area contributed by atoms with Crippen molar-refractivity contribution in [3.8, 4) is 0 Å². The summed E-state index contributed by atoms with van der Waals surface area (Å²) in [7, 11) is 0. The predicted octanol–water partition coefficient (Wildman–Crippen LogP) is 1.85. The number of amides is 1. The summed E-state index contributed by atoms with van der Waals surface area (Å²) in [5.74, 6) is -4.27. The van der Waals surface area contributed by atoms with Gasteiger partial charge in [0.05, 0.1) is 4.92 Å². The number of nitro benzene ring substituents is 1. The molecule has 1 aliphatic heterocycles. The van der Waals surface area contributed by atoms with Gasteiger partial charge in [0.1, 0.15) is 5.82 Å². The number of carboxylic acids is 2. The summed E-state index contributed by atoms with van der Waals surface area (Å²) in [5, 5.41) is 25.9. The quantitative estimate of drug-likeness (QED) is 0.423. The van der Waals surface area contributed by atoms with Gasteiger partial charge in [0.25, 0.3) is 11.6 Å². The van der Waals surface area contributed by atoms with Crippen molar-refractivity contribution in [2.24, 2.45) is 0 Å². The Balaban J connectivity index is 0.000000501. The average molecular weight is 433 g/mol. The van der Waals surface area contributed by atoms with Crippen LogP contribution in [0.5, 0.6) is 0 Å². The van der Waals surface area contributed by atoms with Crippen LogP contribution in [0.15, 0.2) is 48.5 Å². The van der Waals surface area contributed by atoms with E-state index in [0.29, 0.717) is 43.9 Å². The van der Waals surface area contributed by atoms with E-state index >= 15 is 0 Å². The van der Waals surface area contributed by atoms with E-state index in [4.69, 9.17) is 19.8 Å². The molecule has 1 saturated heterocycles. The zero-order valence-electron chi connectivity index (χ0n) is 16.3. The average Bonchev–Trinajstić information content (AvgIpc) is 2.74. The van der Waals surface area contributed by atoms with Gasteiger partial charge >= 0.3 is 11.9 Å². The summed E-state index contributed by atoms with van der Waals surface area (Å²) in [6.07, 6.45) is 0. The second-order valence-electron chi connectivity index (χ2n) is 6.57. The van der Waals surface area contributed by atoms with E-state index in [1.807, 2.05) is 0 Å². The lowest BCUT2D eigenvalue weighted by molar-refractivity contribution is -0.385. The van der Waals surface area contributed by atoms with E-state index in [2.05, 4.69) is 4.90 Å². The van der Waals surface area contributed by atoms with Crippen molar-refractivity contribution in [2.75, 3.05) is 26.2 Å². The molecule has 0 unspecified atom stereocenters. The van der Waals surface area contributed by atoms with E-state index in [1.54, 1.807) is 29.2 Å². The number of hydrogen-bond donors (Lipinski definition) is 2. The lowest BCUT2D eigenvalue weighted by Crippen LogP contribution is -2.48. The third-order valence-corrected chi connectivity index (χ3v) is 4.50. The van der Waals surface area contributed by atoms with Gasteiger partial charge in [0, 0.05) is 49.9 Å². The summed E-state index contributed by atoms with van der Waals surface area (Å²) >= 11 is 0. The third kappa shape index (κ3) is 6.85. The van der Waals surface area contributed by atoms with Gasteiger partial charge in [-0.2, -0.15) is 0 Å². The molecule has 31 heavy (non-hydrogen) atoms. The number of piperazine rings is 1. The molecule has 0 saturated carbocycles. The number of benzene rings is 2. The van der Waals surface area contributed by atoms with Crippen LogP contribution < -0.4 is 0 Å². The summed E-state index contributed by atoms with van der Waals surface area (Å²) < 4.78 is 13.3. The normalized spacial score (nSPS) is 13.6. The molecule has 0 aromatic heterocycles. The van der Waals surface area contributed by atoms with Crippen LogP contribution in [0.4, 0.5) is 10.1 Å². The minimum Gasteiger partial charge on any atom is -0.473 e. The zero-order valence-corrected chi connectivity index (χ0v) is 16.3. The van der Waals surface area contributed by atoms with E-state index in [1.165, 1.54) is 24.3 Å². The topological polar surface area (TPSA) is 141 Å². The van der Waals surface area contributed by atoms with E-state index in [0.717, 1.165) is 0 Å². The van der Waals surface area contributed by atoms with E-state index in [9.17, 15) is 19.3 Å². The summed E-state index contributed by atoms with van der Waals surface area (Å²) in [6.45, 7) is 2.73. The number of nitrogens with zero attached hydrogens (tertiary/aromatic N) is 3. The largest absolute Gasteiger partial charge is 0.473 e. The first-order valence-corrected chi connectivity index (χ1v) is 9.14. The fourth-order valence-corrected chi connectivity index (χ4v) is 2.98. The van der Waals surface area contributed by atoms with E-state index < -0.39 is 17.8 Å². The van der Waals surface area contributed by atoms with Gasteiger partial charge in [-0.05, 0) is 18.2 Å². The van der Waals surface area contributed by atoms with Crippen LogP contribution in [-0.4, -0.2) is 69.0 Å². The number of carboxylic acid groups (broad SMARTS) is 2. The fraction of sp³-hybridized carbons (Fsp3) is 0.250. The van der Waals surface area contributed by atoms with Crippen LogP contribution >= 0.6 is 0 Å². The molecule has 1 heterocycles. The molecule has 164 valence electrons. The Kier molecular flexibility index (Phi) is 8.15. The van der Waals surface area contributed by atoms with Gasteiger partial charge < -0.3 is 15.1 Å². The molecule has 2 aromatic carbocycles. The molecule has 10 nitrogen and oxygen atoms in total. The highest BCUT2D eigenvalue weighted by Gasteiger charge is 2.24. The maximum absolute atomic E-state index is 13.3. The smallest absolute Gasteiger partial charge is 0.414 e. The molecule has 0 atom stereocenters. The molecule has 1 fully saturated rings. The molecule has 3 rings (SSSR count). The first-order chi connectivity index (χ1) is 14.7. The van der Waals surface area contributed by atoms with Crippen molar-refractivity contribution in [1.82, 2.24) is 9.80 Å². The van der Waals surface area contributed by atoms with Crippen LogP contribution in [0.2, 0.25) is 0 Å². The summed E-state index contributed by atoms with van der Waals surface area (Å²) in [4.78, 5) is 45.1. The van der Waals surface area contributed by atoms with Gasteiger partial charge in [0.2, 0.25) is 0 Å². The highest BCUT2D eigenvalue weighted by atomic mass is 19.1. The summed E-state index contributed by atoms with van der Waals surface area (Å²) in [5.41, 5.74) is 1.12. The maximum atomic E-state index is 13.3. The van der Waals surface area contributed by atoms with Crippen molar-refractivity contribution < 1.29 is 33.9 Å². The summed E-state index contributed by atoms with van der Waals surface area (Å²) in [6, 6.07) is 12.4. The number of halogens is 1. The Morgan fingerprint density at radius 1 is 0.968 bits per heavy atom. The van der Waals surface area contributed by atoms with Gasteiger partial charge in [-0.15, -0.1) is 0 Å². The van der Waals surface area contributed by atoms with Crippen molar-refractivity contribution in [3.63, 3.8) is 0 Å². The predicted molar refractivity (Wildman–Crippen MR) is 106 cm³/mol. The Morgan fingerprint density at radius 2 is 1.58 bits per heavy atom. The lowest BCUT2D eigenvalue weighted by Gasteiger charge is -2.34. The van der Waals surface area contributed by atoms with Gasteiger partial charge in [0.15, 0.2) is 0 Å². The SMILES string of the molecule is O=C(O)C(=O)O.O=C(c1cccc(F)c1)N1CCN(Cc2ccccc2[N+](=O)[O-])CC1. The van der Waals surface area contributed by atoms with Crippen LogP contribution in [0, 0.1) is 15.9 Å². The standard InChI is InChI=1S/C18H18FN3O3.C2H2O4/c19-16-6-3-5-14(12-16)18(23)21-10-8-20(9-11-21)13-15-4-1-2-7-17(15)22(24)25;3-1(4)2(5)6/h1-7,12H,8-11,13H2;(H,3,4)(H,5,6). The Labute approximate surface area is 176 Å². The van der Waals surface area contributed by atoms with Crippen LogP contribution in [-0.2, 0) is 16.1 Å². The van der Waals surface area contributed by atoms with E-state index in [-0.39, 0.29) is 16.5 Å². The zero-order chi connectivity index (χ0) is 23.0. The molecule has 1 aliphatic rings. The molecule has 0 aliphatic carbocycles. The van der Waals surface area contributed by atoms with Gasteiger partial charge in [-0.3, -0.25) is 19.8 Å². The molecule has 0 radical (unpaired) electrons. The molecule has 2 N–H and O–H groups in total. The molecule has 0 spiro atoms. The first kappa shape index (κ1) is 23.4. The number of carbonyl (C=O) groups is 3. The maximum Gasteiger partial charge on any atom is 0.414 e. The molecule has 2 aromatic rings. The second kappa shape index (κ2) is 10.8. The van der Waals surface area contributed by atoms with Crippen LogP contribution in [0.3, 0.4) is 0 Å². The minimum absolute atomic E-state index is 0.112. The molecule has 11 heteroatoms. The van der Waals surface area contributed by atoms with Gasteiger partial charge in [-0.1, -0.05) is 24.3 Å². The van der Waals surface area contributed by atoms with Crippen molar-refractivity contribution in [3.05, 3.63) is 75.6 Å². The lowest BCUT2D eigenvalue weighted by atomic mass is 10.1. The van der Waals surface area contributed by atoms with Crippen molar-refractivity contribution in [1.29, 1.82) is 0 Å². The fourth-order valence-electron chi connectivity index (χ4n) is 2.98. The first-order valence-electron chi connectivity index (χ1n) is 9.14. The Bertz CT molecular complexity index is 963. The minimum atomic E-state index is -1.82. The van der Waals surface area contributed by atoms with Gasteiger partial charge in [-0.25, -0.2) is 14.0 Å². The number of para-hydroxylation sites is 1. The van der Waals surface area contributed by atoms with Crippen LogP contribution in [0.1, 0.15) is 15.9 Å². The Hall–Kier alpha value is -3.86. The second-order valence-corrected chi connectivity index (χ2v) is 6.57. The highest BCUT2D eigenvalue weighted by Crippen LogP contribution is 2.20. The van der Waals surface area contributed by atoms with Crippen molar-refractivity contribution in [2.45, 2.75) is 6.54 Å². The molecular weight excluding hydrogens is 413 g/mol. The highest BCUT2D eigenvalue weighted by molar-refractivity contribution is 6.27. The monoisotopic (exact) mass is 433 g/mol. The van der Waals surface area contributed by atoms with Crippen molar-refractivity contribution >= 4 is 23.5 Å². The molecule has 0 bridgehead atoms. The number of rotatable bonds is 4.